The maximum Gasteiger partial charge on any atom is 0.283 e. The van der Waals surface area contributed by atoms with Crippen LogP contribution in [0.3, 0.4) is 0 Å². The molecule has 4 aromatic rings. The van der Waals surface area contributed by atoms with Crippen molar-refractivity contribution in [2.45, 2.75) is 19.9 Å². The standard InChI is InChI=1S/C19H21N7O/c1-13-15(14-8-5-4-6-9-14)17-22-21-16-18(26(17)23-13)20-12-25(19(16)27)11-7-10-24(2)3/h4-6,8-9,12H,7,10-11H2,1-3H3. The van der Waals surface area contributed by atoms with E-state index in [1.165, 1.54) is 0 Å². The van der Waals surface area contributed by atoms with Crippen LogP contribution in [0.4, 0.5) is 0 Å². The molecule has 3 heterocycles. The molecule has 27 heavy (non-hydrogen) atoms. The number of rotatable bonds is 5. The summed E-state index contributed by atoms with van der Waals surface area (Å²) in [4.78, 5) is 19.3. The molecule has 1 aromatic carbocycles. The van der Waals surface area contributed by atoms with Crippen LogP contribution < -0.4 is 5.56 Å². The number of nitrogens with zero attached hydrogens (tertiary/aromatic N) is 7. The summed E-state index contributed by atoms with van der Waals surface area (Å²) in [5.74, 6) is 0. The summed E-state index contributed by atoms with van der Waals surface area (Å²) in [7, 11) is 4.02. The Kier molecular flexibility index (Phi) is 4.41. The number of benzene rings is 1. The highest BCUT2D eigenvalue weighted by Crippen LogP contribution is 2.27. The van der Waals surface area contributed by atoms with E-state index in [2.05, 4.69) is 25.2 Å². The van der Waals surface area contributed by atoms with Crippen LogP contribution in [0.5, 0.6) is 0 Å². The molecule has 8 nitrogen and oxygen atoms in total. The second-order valence-corrected chi connectivity index (χ2v) is 6.83. The monoisotopic (exact) mass is 363 g/mol. The Morgan fingerprint density at radius 1 is 1.07 bits per heavy atom. The fourth-order valence-electron chi connectivity index (χ4n) is 3.22. The topological polar surface area (TPSA) is 81.2 Å². The molecule has 0 unspecified atom stereocenters. The van der Waals surface area contributed by atoms with Gasteiger partial charge in [0.2, 0.25) is 0 Å². The summed E-state index contributed by atoms with van der Waals surface area (Å²) in [6.07, 6.45) is 2.43. The van der Waals surface area contributed by atoms with Gasteiger partial charge in [0.1, 0.15) is 6.33 Å². The lowest BCUT2D eigenvalue weighted by Crippen LogP contribution is -2.25. The number of aryl methyl sites for hydroxylation is 2. The van der Waals surface area contributed by atoms with Crippen molar-refractivity contribution in [3.63, 3.8) is 0 Å². The second kappa shape index (κ2) is 6.88. The summed E-state index contributed by atoms with van der Waals surface area (Å²) < 4.78 is 3.20. The first-order valence-electron chi connectivity index (χ1n) is 8.87. The Hall–Kier alpha value is -3.13. The molecular weight excluding hydrogens is 342 g/mol. The van der Waals surface area contributed by atoms with Gasteiger partial charge in [-0.1, -0.05) is 30.3 Å². The Labute approximate surface area is 156 Å². The molecule has 0 fully saturated rings. The van der Waals surface area contributed by atoms with E-state index in [9.17, 15) is 4.79 Å². The quantitative estimate of drug-likeness (QED) is 0.537. The molecule has 0 N–H and O–H groups in total. The van der Waals surface area contributed by atoms with Crippen molar-refractivity contribution in [1.82, 2.24) is 34.3 Å². The van der Waals surface area contributed by atoms with Crippen LogP contribution >= 0.6 is 0 Å². The van der Waals surface area contributed by atoms with E-state index in [4.69, 9.17) is 0 Å². The van der Waals surface area contributed by atoms with E-state index < -0.39 is 0 Å². The molecule has 138 valence electrons. The molecule has 8 heteroatoms. The third-order valence-corrected chi connectivity index (χ3v) is 4.54. The van der Waals surface area contributed by atoms with Gasteiger partial charge < -0.3 is 4.90 Å². The van der Waals surface area contributed by atoms with Gasteiger partial charge >= 0.3 is 0 Å². The van der Waals surface area contributed by atoms with Gasteiger partial charge in [-0.15, -0.1) is 10.2 Å². The summed E-state index contributed by atoms with van der Waals surface area (Å²) in [6.45, 7) is 3.41. The maximum absolute atomic E-state index is 12.8. The van der Waals surface area contributed by atoms with Crippen molar-refractivity contribution in [2.24, 2.45) is 0 Å². The van der Waals surface area contributed by atoms with Crippen LogP contribution in [0.2, 0.25) is 0 Å². The Balaban J connectivity index is 1.83. The minimum Gasteiger partial charge on any atom is -0.309 e. The van der Waals surface area contributed by atoms with Gasteiger partial charge in [-0.05, 0) is 39.5 Å². The van der Waals surface area contributed by atoms with Gasteiger partial charge in [-0.25, -0.2) is 4.98 Å². The number of aromatic nitrogens is 6. The van der Waals surface area contributed by atoms with Crippen molar-refractivity contribution >= 4 is 16.8 Å². The van der Waals surface area contributed by atoms with Gasteiger partial charge in [-0.3, -0.25) is 9.36 Å². The summed E-state index contributed by atoms with van der Waals surface area (Å²) in [5.41, 5.74) is 3.81. The number of hydrogen-bond donors (Lipinski definition) is 0. The highest BCUT2D eigenvalue weighted by molar-refractivity contribution is 5.83. The SMILES string of the molecule is Cc1nn2c(nnc3c(=O)n(CCCN(C)C)cnc32)c1-c1ccccc1. The van der Waals surface area contributed by atoms with Crippen LogP contribution in [0.15, 0.2) is 41.5 Å². The molecule has 0 aliphatic rings. The lowest BCUT2D eigenvalue weighted by molar-refractivity contribution is 0.384. The van der Waals surface area contributed by atoms with E-state index in [1.54, 1.807) is 15.4 Å². The molecule has 0 radical (unpaired) electrons. The Bertz CT molecular complexity index is 1160. The van der Waals surface area contributed by atoms with E-state index in [1.807, 2.05) is 51.4 Å². The van der Waals surface area contributed by atoms with Gasteiger partial charge in [-0.2, -0.15) is 9.61 Å². The van der Waals surface area contributed by atoms with Crippen LogP contribution in [0.1, 0.15) is 12.1 Å². The first kappa shape index (κ1) is 17.3. The molecule has 3 aromatic heterocycles. The van der Waals surface area contributed by atoms with Crippen LogP contribution in [0, 0.1) is 6.92 Å². The fraction of sp³-hybridized carbons (Fsp3) is 0.316. The predicted octanol–water partition coefficient (Wildman–Crippen LogP) is 1.76. The van der Waals surface area contributed by atoms with Crippen molar-refractivity contribution in [1.29, 1.82) is 0 Å². The molecule has 0 bridgehead atoms. The zero-order valence-electron chi connectivity index (χ0n) is 15.6. The Morgan fingerprint density at radius 2 is 1.85 bits per heavy atom. The van der Waals surface area contributed by atoms with Crippen molar-refractivity contribution < 1.29 is 0 Å². The van der Waals surface area contributed by atoms with E-state index >= 15 is 0 Å². The zero-order chi connectivity index (χ0) is 19.0. The van der Waals surface area contributed by atoms with Crippen LogP contribution in [0.25, 0.3) is 27.9 Å². The minimum absolute atomic E-state index is 0.192. The smallest absolute Gasteiger partial charge is 0.283 e. The summed E-state index contributed by atoms with van der Waals surface area (Å²) >= 11 is 0. The number of fused-ring (bicyclic) bond motifs is 3. The summed E-state index contributed by atoms with van der Waals surface area (Å²) in [5, 5.41) is 13.1. The van der Waals surface area contributed by atoms with Gasteiger partial charge in [0, 0.05) is 6.54 Å². The molecule has 0 aliphatic heterocycles. The zero-order valence-corrected chi connectivity index (χ0v) is 15.6. The molecule has 0 aliphatic carbocycles. The molecule has 0 atom stereocenters. The lowest BCUT2D eigenvalue weighted by Gasteiger charge is -2.10. The third-order valence-electron chi connectivity index (χ3n) is 4.54. The first-order valence-corrected chi connectivity index (χ1v) is 8.87. The predicted molar refractivity (Wildman–Crippen MR) is 104 cm³/mol. The molecular formula is C19H21N7O. The minimum atomic E-state index is -0.192. The number of hydrogen-bond acceptors (Lipinski definition) is 6. The van der Waals surface area contributed by atoms with Crippen LogP contribution in [-0.2, 0) is 6.54 Å². The van der Waals surface area contributed by atoms with Crippen LogP contribution in [-0.4, -0.2) is 54.9 Å². The normalized spacial score (nSPS) is 11.7. The Morgan fingerprint density at radius 3 is 2.59 bits per heavy atom. The molecule has 0 saturated carbocycles. The third kappa shape index (κ3) is 3.08. The summed E-state index contributed by atoms with van der Waals surface area (Å²) in [6, 6.07) is 9.92. The highest BCUT2D eigenvalue weighted by Gasteiger charge is 2.18. The van der Waals surface area contributed by atoms with E-state index in [0.29, 0.717) is 17.8 Å². The van der Waals surface area contributed by atoms with E-state index in [0.717, 1.165) is 29.8 Å². The average Bonchev–Trinajstić information content (AvgIpc) is 3.00. The van der Waals surface area contributed by atoms with E-state index in [-0.39, 0.29) is 11.1 Å². The fourth-order valence-corrected chi connectivity index (χ4v) is 3.22. The van der Waals surface area contributed by atoms with Crippen molar-refractivity contribution in [3.8, 4) is 11.1 Å². The van der Waals surface area contributed by atoms with Gasteiger partial charge in [0.05, 0.1) is 11.3 Å². The molecule has 4 rings (SSSR count). The van der Waals surface area contributed by atoms with Gasteiger partial charge in [0.25, 0.3) is 5.56 Å². The second-order valence-electron chi connectivity index (χ2n) is 6.83. The molecule has 0 amide bonds. The van der Waals surface area contributed by atoms with Gasteiger partial charge in [0.15, 0.2) is 16.8 Å². The molecule has 0 spiro atoms. The average molecular weight is 363 g/mol. The first-order chi connectivity index (χ1) is 13.1. The van der Waals surface area contributed by atoms with Crippen molar-refractivity contribution in [2.75, 3.05) is 20.6 Å². The lowest BCUT2D eigenvalue weighted by atomic mass is 10.1. The largest absolute Gasteiger partial charge is 0.309 e. The highest BCUT2D eigenvalue weighted by atomic mass is 16.1. The van der Waals surface area contributed by atoms with Crippen molar-refractivity contribution in [3.05, 3.63) is 52.7 Å². The maximum atomic E-state index is 12.8. The molecule has 0 saturated heterocycles.